The Kier molecular flexibility index (Phi) is 35.4. The fourth-order valence-electron chi connectivity index (χ4n) is 5.14. The van der Waals surface area contributed by atoms with Gasteiger partial charge in [0.15, 0.2) is 0 Å². The number of hydrogen-bond acceptors (Lipinski definition) is 11. The summed E-state index contributed by atoms with van der Waals surface area (Å²) < 4.78 is 21.2. The number of carbonyl (C=O) groups is 7. The summed E-state index contributed by atoms with van der Waals surface area (Å²) in [5.41, 5.74) is 0. The van der Waals surface area contributed by atoms with E-state index in [1.807, 2.05) is 0 Å². The molecule has 18 heteroatoms. The topological polar surface area (TPSA) is 257 Å². The Morgan fingerprint density at radius 2 is 0.857 bits per heavy atom. The zero-order valence-electron chi connectivity index (χ0n) is 33.5. The van der Waals surface area contributed by atoms with Gasteiger partial charge in [0, 0.05) is 51.9 Å². The van der Waals surface area contributed by atoms with Gasteiger partial charge in [-0.05, 0) is 19.3 Å². The smallest absolute Gasteiger partial charge is 0.326 e. The van der Waals surface area contributed by atoms with Crippen molar-refractivity contribution >= 4 is 41.5 Å². The van der Waals surface area contributed by atoms with Gasteiger partial charge >= 0.3 is 11.9 Å². The molecule has 1 atom stereocenters. The normalized spacial score (nSPS) is 11.4. The van der Waals surface area contributed by atoms with Crippen molar-refractivity contribution in [2.24, 2.45) is 0 Å². The third kappa shape index (κ3) is 37.1. The van der Waals surface area contributed by atoms with E-state index in [9.17, 15) is 38.7 Å². The van der Waals surface area contributed by atoms with E-state index < -0.39 is 18.0 Å². The Bertz CT molecular complexity index is 1100. The summed E-state index contributed by atoms with van der Waals surface area (Å²) in [5, 5.41) is 31.2. The quantitative estimate of drug-likeness (QED) is 0.0437. The lowest BCUT2D eigenvalue weighted by Crippen LogP contribution is -2.41. The summed E-state index contributed by atoms with van der Waals surface area (Å²) >= 11 is 0. The third-order valence-corrected chi connectivity index (χ3v) is 8.28. The SMILES string of the molecule is CCC(=O)NCCNC(=O)COCCOCCNC(=O)COCCOCCNC(=O)CC[C@H](NC(=O)CCCCCCCCCCCCCCC(=O)O)C(=O)O. The number of carbonyl (C=O) groups excluding carboxylic acids is 5. The maximum absolute atomic E-state index is 12.3. The van der Waals surface area contributed by atoms with E-state index in [4.69, 9.17) is 24.1 Å². The van der Waals surface area contributed by atoms with Crippen molar-refractivity contribution in [2.75, 3.05) is 79.0 Å². The fourth-order valence-corrected chi connectivity index (χ4v) is 5.14. The first-order chi connectivity index (χ1) is 27.0. The number of carboxylic acids is 2. The first-order valence-corrected chi connectivity index (χ1v) is 20.2. The molecule has 0 aromatic carbocycles. The number of aliphatic carboxylic acids is 2. The van der Waals surface area contributed by atoms with E-state index >= 15 is 0 Å². The zero-order chi connectivity index (χ0) is 41.5. The Morgan fingerprint density at radius 1 is 0.446 bits per heavy atom. The number of nitrogens with one attached hydrogen (secondary N) is 5. The predicted octanol–water partition coefficient (Wildman–Crippen LogP) is 1.82. The van der Waals surface area contributed by atoms with Crippen LogP contribution >= 0.6 is 0 Å². The molecule has 0 aromatic heterocycles. The van der Waals surface area contributed by atoms with Crippen molar-refractivity contribution in [3.05, 3.63) is 0 Å². The van der Waals surface area contributed by atoms with Crippen LogP contribution < -0.4 is 26.6 Å². The Labute approximate surface area is 331 Å². The lowest BCUT2D eigenvalue weighted by atomic mass is 10.0. The molecule has 0 aliphatic heterocycles. The number of hydrogen-bond donors (Lipinski definition) is 7. The van der Waals surface area contributed by atoms with Crippen LogP contribution in [0.5, 0.6) is 0 Å². The van der Waals surface area contributed by atoms with Crippen LogP contribution in [-0.4, -0.2) is 137 Å². The largest absolute Gasteiger partial charge is 0.481 e. The highest BCUT2D eigenvalue weighted by molar-refractivity contribution is 5.84. The maximum atomic E-state index is 12.3. The standard InChI is InChI=1S/C38H69N5O13/c1-2-32(44)39-19-20-40-35(47)29-55-27-26-54-24-22-42-36(48)30-56-28-25-53-23-21-41-33(45)18-17-31(38(51)52)43-34(46)15-13-11-9-7-5-3-4-6-8-10-12-14-16-37(49)50/h31H,2-30H2,1H3,(H,39,44)(H,40,47)(H,41,45)(H,42,48)(H,43,46)(H,49,50)(H,51,52)/t31-/m0/s1. The first kappa shape index (κ1) is 52.1. The molecular weight excluding hydrogens is 734 g/mol. The van der Waals surface area contributed by atoms with Crippen molar-refractivity contribution in [3.63, 3.8) is 0 Å². The van der Waals surface area contributed by atoms with Crippen LogP contribution in [0.15, 0.2) is 0 Å². The summed E-state index contributed by atoms with van der Waals surface area (Å²) in [4.78, 5) is 81.1. The minimum atomic E-state index is -1.19. The highest BCUT2D eigenvalue weighted by Crippen LogP contribution is 2.13. The molecule has 0 fully saturated rings. The molecule has 0 aromatic rings. The zero-order valence-corrected chi connectivity index (χ0v) is 33.5. The lowest BCUT2D eigenvalue weighted by molar-refractivity contribution is -0.142. The molecule has 0 spiro atoms. The number of ether oxygens (including phenoxy) is 4. The second kappa shape index (κ2) is 38.0. The Hall–Kier alpha value is -3.87. The summed E-state index contributed by atoms with van der Waals surface area (Å²) in [6, 6.07) is -1.14. The summed E-state index contributed by atoms with van der Waals surface area (Å²) in [6.07, 6.45) is 13.1. The summed E-state index contributed by atoms with van der Waals surface area (Å²) in [6.45, 7) is 3.88. The highest BCUT2D eigenvalue weighted by Gasteiger charge is 2.20. The molecule has 0 aliphatic rings. The molecule has 18 nitrogen and oxygen atoms in total. The highest BCUT2D eigenvalue weighted by atomic mass is 16.5. The van der Waals surface area contributed by atoms with Crippen LogP contribution in [0.25, 0.3) is 0 Å². The van der Waals surface area contributed by atoms with E-state index in [2.05, 4.69) is 26.6 Å². The van der Waals surface area contributed by atoms with Crippen LogP contribution in [-0.2, 0) is 52.5 Å². The average molecular weight is 804 g/mol. The molecule has 324 valence electrons. The average Bonchev–Trinajstić information content (AvgIpc) is 3.16. The van der Waals surface area contributed by atoms with Gasteiger partial charge in [-0.2, -0.15) is 0 Å². The van der Waals surface area contributed by atoms with E-state index in [0.717, 1.165) is 51.4 Å². The molecule has 7 N–H and O–H groups in total. The van der Waals surface area contributed by atoms with Crippen molar-refractivity contribution < 1.29 is 62.7 Å². The predicted molar refractivity (Wildman–Crippen MR) is 207 cm³/mol. The molecule has 56 heavy (non-hydrogen) atoms. The lowest BCUT2D eigenvalue weighted by Gasteiger charge is -2.14. The van der Waals surface area contributed by atoms with Crippen molar-refractivity contribution in [1.29, 1.82) is 0 Å². The van der Waals surface area contributed by atoms with Gasteiger partial charge in [0.2, 0.25) is 29.5 Å². The molecule has 0 heterocycles. The number of carboxylic acid groups (broad SMARTS) is 2. The number of amides is 5. The molecule has 0 rings (SSSR count). The number of unbranched alkanes of at least 4 members (excludes halogenated alkanes) is 11. The van der Waals surface area contributed by atoms with E-state index in [1.165, 1.54) is 19.3 Å². The molecule has 0 bridgehead atoms. The van der Waals surface area contributed by atoms with Crippen LogP contribution in [0.2, 0.25) is 0 Å². The summed E-state index contributed by atoms with van der Waals surface area (Å²) in [7, 11) is 0. The van der Waals surface area contributed by atoms with Gasteiger partial charge in [0.05, 0.1) is 39.6 Å². The van der Waals surface area contributed by atoms with Crippen LogP contribution in [0.3, 0.4) is 0 Å². The third-order valence-electron chi connectivity index (χ3n) is 8.28. The Balaban J connectivity index is 3.66. The van der Waals surface area contributed by atoms with E-state index in [0.29, 0.717) is 25.9 Å². The maximum Gasteiger partial charge on any atom is 0.326 e. The molecular formula is C38H69N5O13. The van der Waals surface area contributed by atoms with Crippen LogP contribution in [0.4, 0.5) is 0 Å². The van der Waals surface area contributed by atoms with Crippen molar-refractivity contribution in [2.45, 2.75) is 122 Å². The first-order valence-electron chi connectivity index (χ1n) is 20.2. The number of rotatable bonds is 40. The van der Waals surface area contributed by atoms with Gasteiger partial charge in [-0.25, -0.2) is 4.79 Å². The van der Waals surface area contributed by atoms with Crippen LogP contribution in [0.1, 0.15) is 116 Å². The van der Waals surface area contributed by atoms with Gasteiger partial charge in [-0.1, -0.05) is 71.1 Å². The van der Waals surface area contributed by atoms with E-state index in [-0.39, 0.29) is 121 Å². The van der Waals surface area contributed by atoms with Gasteiger partial charge in [0.25, 0.3) is 0 Å². The molecule has 0 saturated heterocycles. The second-order valence-corrected chi connectivity index (χ2v) is 13.2. The minimum Gasteiger partial charge on any atom is -0.481 e. The fraction of sp³-hybridized carbons (Fsp3) is 0.816. The van der Waals surface area contributed by atoms with Gasteiger partial charge in [-0.15, -0.1) is 0 Å². The molecule has 0 unspecified atom stereocenters. The van der Waals surface area contributed by atoms with Crippen LogP contribution in [0, 0.1) is 0 Å². The molecule has 0 aliphatic carbocycles. The van der Waals surface area contributed by atoms with Gasteiger partial charge in [-0.3, -0.25) is 28.8 Å². The molecule has 0 saturated carbocycles. The molecule has 5 amide bonds. The van der Waals surface area contributed by atoms with Crippen molar-refractivity contribution in [1.82, 2.24) is 26.6 Å². The van der Waals surface area contributed by atoms with E-state index in [1.54, 1.807) is 6.92 Å². The van der Waals surface area contributed by atoms with Gasteiger partial charge < -0.3 is 55.7 Å². The molecule has 0 radical (unpaired) electrons. The monoisotopic (exact) mass is 803 g/mol. The minimum absolute atomic E-state index is 0.0312. The summed E-state index contributed by atoms with van der Waals surface area (Å²) in [5.74, 6) is -3.32. The van der Waals surface area contributed by atoms with Gasteiger partial charge in [0.1, 0.15) is 19.3 Å². The Morgan fingerprint density at radius 3 is 1.32 bits per heavy atom. The van der Waals surface area contributed by atoms with Crippen molar-refractivity contribution in [3.8, 4) is 0 Å². The second-order valence-electron chi connectivity index (χ2n) is 13.2.